The number of nitrogens with zero attached hydrogens (tertiary/aromatic N) is 1. The number of esters is 2. The van der Waals surface area contributed by atoms with Crippen LogP contribution in [-0.2, 0) is 25.5 Å². The van der Waals surface area contributed by atoms with Crippen LogP contribution in [0.15, 0.2) is 85.3 Å². The van der Waals surface area contributed by atoms with E-state index in [9.17, 15) is 9.59 Å². The molecule has 0 saturated carbocycles. The largest absolute Gasteiger partial charge is 0.469 e. The summed E-state index contributed by atoms with van der Waals surface area (Å²) >= 11 is 0. The van der Waals surface area contributed by atoms with Gasteiger partial charge in [0.25, 0.3) is 0 Å². The van der Waals surface area contributed by atoms with E-state index in [-0.39, 0.29) is 38.7 Å². The van der Waals surface area contributed by atoms with E-state index in [1.807, 2.05) is 66.9 Å². The van der Waals surface area contributed by atoms with Gasteiger partial charge >= 0.3 is 11.9 Å². The molecule has 0 saturated heterocycles. The number of benzene rings is 2. The number of anilines is 1. The summed E-state index contributed by atoms with van der Waals surface area (Å²) in [6.07, 6.45) is 6.13. The first-order valence-corrected chi connectivity index (χ1v) is 11.0. The van der Waals surface area contributed by atoms with Crippen molar-refractivity contribution in [2.24, 2.45) is 0 Å². The third kappa shape index (κ3) is 8.78. The summed E-state index contributed by atoms with van der Waals surface area (Å²) in [5, 5.41) is 4.35. The number of carbonyl (C=O) groups is 2. The Morgan fingerprint density at radius 2 is 1.58 bits per heavy atom. The third-order valence-electron chi connectivity index (χ3n) is 5.38. The Hall–Kier alpha value is -3.78. The normalized spacial score (nSPS) is 12.6. The number of carbonyl (C=O) groups excluding carboxylic acids is 2. The second-order valence-electron chi connectivity index (χ2n) is 7.58. The predicted octanol–water partition coefficient (Wildman–Crippen LogP) is 4.76. The Labute approximate surface area is 219 Å². The van der Waals surface area contributed by atoms with Crippen LogP contribution in [0.4, 0.5) is 5.69 Å². The zero-order valence-corrected chi connectivity index (χ0v) is 21.2. The van der Waals surface area contributed by atoms with Gasteiger partial charge in [-0.3, -0.25) is 14.6 Å². The molecule has 5 rings (SSSR count). The van der Waals surface area contributed by atoms with Crippen LogP contribution in [0.1, 0.15) is 23.5 Å². The lowest BCUT2D eigenvalue weighted by Crippen LogP contribution is -2.10. The van der Waals surface area contributed by atoms with Gasteiger partial charge in [0.05, 0.1) is 27.1 Å². The van der Waals surface area contributed by atoms with Crippen LogP contribution in [0.25, 0.3) is 10.9 Å². The molecule has 9 heteroatoms. The van der Waals surface area contributed by atoms with Gasteiger partial charge in [-0.1, -0.05) is 42.5 Å². The van der Waals surface area contributed by atoms with Gasteiger partial charge in [0.15, 0.2) is 0 Å². The molecule has 3 radical (unpaired) electrons. The highest BCUT2D eigenvalue weighted by Crippen LogP contribution is 2.33. The Morgan fingerprint density at radius 3 is 2.22 bits per heavy atom. The highest BCUT2D eigenvalue weighted by Gasteiger charge is 2.24. The summed E-state index contributed by atoms with van der Waals surface area (Å²) in [7, 11) is 2.83. The van der Waals surface area contributed by atoms with Gasteiger partial charge in [0, 0.05) is 56.1 Å². The summed E-state index contributed by atoms with van der Waals surface area (Å²) in [4.78, 5) is 29.1. The van der Waals surface area contributed by atoms with Crippen LogP contribution in [0.2, 0.25) is 0 Å². The fourth-order valence-electron chi connectivity index (χ4n) is 3.64. The smallest absolute Gasteiger partial charge is 0.310 e. The number of para-hydroxylation sites is 2. The van der Waals surface area contributed by atoms with E-state index in [4.69, 9.17) is 0 Å². The fourth-order valence-corrected chi connectivity index (χ4v) is 3.64. The lowest BCUT2D eigenvalue weighted by molar-refractivity contribution is -0.141. The van der Waals surface area contributed by atoms with Crippen molar-refractivity contribution < 1.29 is 19.1 Å². The van der Waals surface area contributed by atoms with Crippen molar-refractivity contribution in [2.75, 3.05) is 26.1 Å². The molecule has 187 valence electrons. The van der Waals surface area contributed by atoms with Crippen LogP contribution in [-0.4, -0.2) is 51.1 Å². The number of pyridine rings is 1. The van der Waals surface area contributed by atoms with Crippen molar-refractivity contribution in [1.82, 2.24) is 9.97 Å². The summed E-state index contributed by atoms with van der Waals surface area (Å²) in [6.45, 7) is 0.828. The number of aromatic nitrogens is 2. The molecule has 7 nitrogen and oxygen atoms in total. The SMILES string of the molecule is COC(=O)CC1CNc2ccccc21.COC(=O)Cc1c[nH]c2ccccc12.Cl.[B].c1ccncc1. The first kappa shape index (κ1) is 30.3. The quantitative estimate of drug-likeness (QED) is 0.306. The second kappa shape index (κ2) is 16.0. The molecule has 1 aliphatic rings. The van der Waals surface area contributed by atoms with Gasteiger partial charge in [0.2, 0.25) is 0 Å². The van der Waals surface area contributed by atoms with Gasteiger partial charge in [0.1, 0.15) is 0 Å². The molecule has 0 aliphatic carbocycles. The predicted molar refractivity (Wildman–Crippen MR) is 146 cm³/mol. The van der Waals surface area contributed by atoms with E-state index < -0.39 is 0 Å². The number of methoxy groups -OCH3 is 2. The molecule has 4 aromatic rings. The van der Waals surface area contributed by atoms with E-state index in [0.717, 1.165) is 28.7 Å². The highest BCUT2D eigenvalue weighted by molar-refractivity contribution is 5.87. The van der Waals surface area contributed by atoms with Crippen molar-refractivity contribution in [3.63, 3.8) is 0 Å². The average molecular weight is 507 g/mol. The minimum Gasteiger partial charge on any atom is -0.469 e. The molecule has 2 aromatic carbocycles. The summed E-state index contributed by atoms with van der Waals surface area (Å²) < 4.78 is 9.28. The van der Waals surface area contributed by atoms with E-state index in [1.165, 1.54) is 19.8 Å². The van der Waals surface area contributed by atoms with Crippen LogP contribution in [0.5, 0.6) is 0 Å². The molecule has 0 spiro atoms. The van der Waals surface area contributed by atoms with Gasteiger partial charge < -0.3 is 19.8 Å². The summed E-state index contributed by atoms with van der Waals surface area (Å²) in [5.74, 6) is -0.0955. The molecular weight excluding hydrogens is 477 g/mol. The molecule has 0 bridgehead atoms. The number of hydrogen-bond donors (Lipinski definition) is 2. The van der Waals surface area contributed by atoms with Gasteiger partial charge in [-0.05, 0) is 35.4 Å². The Morgan fingerprint density at radius 1 is 0.917 bits per heavy atom. The molecule has 1 atom stereocenters. The topological polar surface area (TPSA) is 93.3 Å². The lowest BCUT2D eigenvalue weighted by Gasteiger charge is -2.07. The van der Waals surface area contributed by atoms with Crippen LogP contribution >= 0.6 is 12.4 Å². The van der Waals surface area contributed by atoms with E-state index in [1.54, 1.807) is 12.4 Å². The van der Waals surface area contributed by atoms with Gasteiger partial charge in [-0.2, -0.15) is 0 Å². The van der Waals surface area contributed by atoms with Crippen LogP contribution in [0, 0.1) is 0 Å². The standard InChI is InChI=1S/C11H13NO2.C11H11NO2.C5H5N.B.ClH/c2*1-14-11(13)6-8-7-12-10-5-3-2-4-9(8)10;1-2-4-6-5-3-1;;/h2-5,8,12H,6-7H2,1H3;2-5,7,12H,6H2,1H3;1-5H;;1H. The average Bonchev–Trinajstić information content (AvgIpc) is 3.50. The number of ether oxygens (including phenoxy) is 2. The number of rotatable bonds is 4. The number of nitrogens with one attached hydrogen (secondary N) is 2. The molecule has 1 unspecified atom stereocenters. The van der Waals surface area contributed by atoms with Gasteiger partial charge in [-0.25, -0.2) is 0 Å². The van der Waals surface area contributed by atoms with Crippen molar-refractivity contribution in [3.05, 3.63) is 96.4 Å². The first-order valence-electron chi connectivity index (χ1n) is 11.0. The van der Waals surface area contributed by atoms with Crippen LogP contribution in [0.3, 0.4) is 0 Å². The molecule has 0 amide bonds. The van der Waals surface area contributed by atoms with E-state index >= 15 is 0 Å². The maximum Gasteiger partial charge on any atom is 0.310 e. The Kier molecular flexibility index (Phi) is 13.4. The molecule has 2 aromatic heterocycles. The van der Waals surface area contributed by atoms with Gasteiger partial charge in [-0.15, -0.1) is 12.4 Å². The molecule has 2 N–H and O–H groups in total. The minimum absolute atomic E-state index is 0. The number of hydrogen-bond acceptors (Lipinski definition) is 6. The number of aromatic amines is 1. The maximum absolute atomic E-state index is 11.1. The number of fused-ring (bicyclic) bond motifs is 2. The highest BCUT2D eigenvalue weighted by atomic mass is 35.5. The zero-order valence-electron chi connectivity index (χ0n) is 20.3. The number of H-pyrrole nitrogens is 1. The van der Waals surface area contributed by atoms with Crippen molar-refractivity contribution in [2.45, 2.75) is 18.8 Å². The maximum atomic E-state index is 11.1. The summed E-state index contributed by atoms with van der Waals surface area (Å²) in [5.41, 5.74) is 4.39. The summed E-state index contributed by atoms with van der Waals surface area (Å²) in [6, 6.07) is 21.7. The monoisotopic (exact) mass is 506 g/mol. The lowest BCUT2D eigenvalue weighted by atomic mass is 9.98. The number of halogens is 1. The van der Waals surface area contributed by atoms with Crippen molar-refractivity contribution >= 4 is 49.3 Å². The van der Waals surface area contributed by atoms with E-state index in [2.05, 4.69) is 30.8 Å². The van der Waals surface area contributed by atoms with Crippen molar-refractivity contribution in [3.8, 4) is 0 Å². The fraction of sp³-hybridized carbons (Fsp3) is 0.222. The molecule has 36 heavy (non-hydrogen) atoms. The minimum atomic E-state index is -0.213. The second-order valence-corrected chi connectivity index (χ2v) is 7.58. The molecule has 1 aliphatic heterocycles. The Balaban J connectivity index is 0.000000281. The third-order valence-corrected chi connectivity index (χ3v) is 5.38. The van der Waals surface area contributed by atoms with E-state index in [0.29, 0.717) is 12.8 Å². The molecular formula is C27H30BClN3O4. The van der Waals surface area contributed by atoms with Crippen molar-refractivity contribution in [1.29, 1.82) is 0 Å². The molecule has 3 heterocycles. The molecule has 0 fully saturated rings. The van der Waals surface area contributed by atoms with Crippen LogP contribution < -0.4 is 5.32 Å². The Bertz CT molecular complexity index is 1180. The first-order chi connectivity index (χ1) is 16.6. The zero-order chi connectivity index (χ0) is 24.2.